The molecule has 1 aliphatic carbocycles. The molecule has 3 aromatic rings. The summed E-state index contributed by atoms with van der Waals surface area (Å²) in [5, 5.41) is 6.11. The van der Waals surface area contributed by atoms with Crippen molar-refractivity contribution in [2.24, 2.45) is 11.8 Å². The van der Waals surface area contributed by atoms with E-state index in [4.69, 9.17) is 9.26 Å². The van der Waals surface area contributed by atoms with Crippen molar-refractivity contribution in [1.82, 2.24) is 5.16 Å². The molecule has 2 aliphatic rings. The van der Waals surface area contributed by atoms with Crippen molar-refractivity contribution in [3.63, 3.8) is 0 Å². The van der Waals surface area contributed by atoms with Crippen LogP contribution in [0.3, 0.4) is 0 Å². The van der Waals surface area contributed by atoms with E-state index in [1.54, 1.807) is 19.1 Å². The molecule has 1 aliphatic heterocycles. The quantitative estimate of drug-likeness (QED) is 0.414. The number of hydrogen-bond donors (Lipinski definition) is 1. The van der Waals surface area contributed by atoms with Gasteiger partial charge in [-0.05, 0) is 55.9 Å². The highest BCUT2D eigenvalue weighted by molar-refractivity contribution is 6.22. The fraction of sp³-hybridized carbons (Fsp3) is 0.296. The summed E-state index contributed by atoms with van der Waals surface area (Å²) in [6, 6.07) is 17.8. The molecule has 2 aromatic carbocycles. The molecule has 5 rings (SSSR count). The molecule has 0 spiro atoms. The number of anilines is 2. The zero-order valence-electron chi connectivity index (χ0n) is 19.7. The molecule has 3 amide bonds. The van der Waals surface area contributed by atoms with Crippen LogP contribution in [-0.2, 0) is 19.1 Å². The number of hydrogen-bond acceptors (Lipinski definition) is 7. The Hall–Kier alpha value is -4.27. The van der Waals surface area contributed by atoms with Crippen LogP contribution >= 0.6 is 0 Å². The Kier molecular flexibility index (Phi) is 6.37. The number of esters is 1. The highest BCUT2D eigenvalue weighted by Crippen LogP contribution is 2.45. The van der Waals surface area contributed by atoms with Crippen molar-refractivity contribution in [1.29, 1.82) is 0 Å². The van der Waals surface area contributed by atoms with Crippen LogP contribution in [-0.4, -0.2) is 35.5 Å². The number of benzene rings is 2. The number of nitrogens with zero attached hydrogens (tertiary/aromatic N) is 2. The number of aryl methyl sites for hydroxylation is 1. The molecule has 0 unspecified atom stereocenters. The molecule has 1 saturated carbocycles. The van der Waals surface area contributed by atoms with Gasteiger partial charge in [0.05, 0.1) is 23.1 Å². The Balaban J connectivity index is 1.25. The lowest BCUT2D eigenvalue weighted by molar-refractivity contribution is -0.122. The van der Waals surface area contributed by atoms with Gasteiger partial charge in [0, 0.05) is 6.07 Å². The van der Waals surface area contributed by atoms with Gasteiger partial charge in [0.2, 0.25) is 11.8 Å². The molecule has 2 heterocycles. The van der Waals surface area contributed by atoms with Gasteiger partial charge in [0.1, 0.15) is 5.76 Å². The second kappa shape index (κ2) is 9.77. The van der Waals surface area contributed by atoms with Crippen LogP contribution in [0.25, 0.3) is 0 Å². The van der Waals surface area contributed by atoms with E-state index >= 15 is 0 Å². The summed E-state index contributed by atoms with van der Waals surface area (Å²) in [4.78, 5) is 52.3. The molecular formula is C27H25N3O6. The summed E-state index contributed by atoms with van der Waals surface area (Å²) >= 11 is 0. The molecule has 9 nitrogen and oxygen atoms in total. The maximum absolute atomic E-state index is 13.3. The first-order valence-corrected chi connectivity index (χ1v) is 11.8. The molecule has 36 heavy (non-hydrogen) atoms. The Morgan fingerprint density at radius 1 is 1.03 bits per heavy atom. The van der Waals surface area contributed by atoms with Gasteiger partial charge in [0.15, 0.2) is 12.4 Å². The topological polar surface area (TPSA) is 119 Å². The number of ether oxygens (including phenoxy) is 1. The van der Waals surface area contributed by atoms with Crippen molar-refractivity contribution in [2.75, 3.05) is 16.8 Å². The molecule has 0 bridgehead atoms. The lowest BCUT2D eigenvalue weighted by Crippen LogP contribution is -2.31. The normalized spacial score (nSPS) is 21.2. The van der Waals surface area contributed by atoms with Gasteiger partial charge in [-0.2, -0.15) is 0 Å². The summed E-state index contributed by atoms with van der Waals surface area (Å²) in [5.41, 5.74) is 1.64. The van der Waals surface area contributed by atoms with Crippen LogP contribution < -0.4 is 10.2 Å². The fourth-order valence-electron chi connectivity index (χ4n) is 5.05. The van der Waals surface area contributed by atoms with Gasteiger partial charge in [0.25, 0.3) is 5.91 Å². The highest BCUT2D eigenvalue weighted by Gasteiger charge is 2.50. The number of aromatic nitrogens is 1. The molecule has 0 radical (unpaired) electrons. The summed E-state index contributed by atoms with van der Waals surface area (Å²) < 4.78 is 9.97. The molecule has 3 atom stereocenters. The first kappa shape index (κ1) is 23.5. The van der Waals surface area contributed by atoms with Crippen molar-refractivity contribution in [2.45, 2.75) is 32.1 Å². The number of fused-ring (bicyclic) bond motifs is 1. The van der Waals surface area contributed by atoms with Crippen LogP contribution in [0.5, 0.6) is 0 Å². The third-order valence-electron chi connectivity index (χ3n) is 6.77. The highest BCUT2D eigenvalue weighted by atomic mass is 16.5. The van der Waals surface area contributed by atoms with Crippen LogP contribution in [0.2, 0.25) is 0 Å². The Morgan fingerprint density at radius 3 is 2.56 bits per heavy atom. The second-order valence-electron chi connectivity index (χ2n) is 9.14. The number of nitrogens with one attached hydrogen (secondary N) is 1. The predicted octanol–water partition coefficient (Wildman–Crippen LogP) is 3.85. The van der Waals surface area contributed by atoms with Gasteiger partial charge in [-0.3, -0.25) is 19.3 Å². The second-order valence-corrected chi connectivity index (χ2v) is 9.14. The van der Waals surface area contributed by atoms with E-state index < -0.39 is 18.5 Å². The monoisotopic (exact) mass is 487 g/mol. The molecule has 184 valence electrons. The Bertz CT molecular complexity index is 1320. The number of carbonyl (C=O) groups is 4. The van der Waals surface area contributed by atoms with Gasteiger partial charge in [-0.25, -0.2) is 4.79 Å². The van der Waals surface area contributed by atoms with Crippen LogP contribution in [0.4, 0.5) is 11.5 Å². The number of imide groups is 1. The van der Waals surface area contributed by atoms with E-state index in [-0.39, 0.29) is 40.9 Å². The molecule has 1 aromatic heterocycles. The van der Waals surface area contributed by atoms with Crippen LogP contribution in [0.1, 0.15) is 46.9 Å². The zero-order chi connectivity index (χ0) is 25.2. The minimum absolute atomic E-state index is 0.134. The lowest BCUT2D eigenvalue weighted by atomic mass is 9.73. The summed E-state index contributed by atoms with van der Waals surface area (Å²) in [7, 11) is 0. The molecular weight excluding hydrogens is 462 g/mol. The van der Waals surface area contributed by atoms with Gasteiger partial charge < -0.3 is 14.6 Å². The number of rotatable bonds is 6. The summed E-state index contributed by atoms with van der Waals surface area (Å²) in [6.45, 7) is 1.16. The van der Waals surface area contributed by atoms with Crippen molar-refractivity contribution in [3.8, 4) is 0 Å². The number of amides is 3. The van der Waals surface area contributed by atoms with Crippen molar-refractivity contribution in [3.05, 3.63) is 77.6 Å². The van der Waals surface area contributed by atoms with E-state index in [1.165, 1.54) is 28.7 Å². The standard InChI is InChI=1S/C27H25N3O6/c1-16-12-23(29-36-16)28-24(31)15-35-27(34)19-8-5-9-20(13-19)30-25(32)21-11-10-18(14-22(21)26(30)33)17-6-3-2-4-7-17/h2-9,12-13,18,21-22H,10-11,14-15H2,1H3,(H,28,29,31)/t18-,21+,22-/m0/s1. The SMILES string of the molecule is Cc1cc(NC(=O)COC(=O)c2cccc(N3C(=O)[C@H]4C[C@@H](c5ccccc5)CC[C@H]4C3=O)c2)no1. The third-order valence-corrected chi connectivity index (χ3v) is 6.77. The maximum Gasteiger partial charge on any atom is 0.338 e. The Labute approximate surface area is 207 Å². The predicted molar refractivity (Wildman–Crippen MR) is 129 cm³/mol. The first-order chi connectivity index (χ1) is 17.4. The number of carbonyl (C=O) groups excluding carboxylic acids is 4. The zero-order valence-corrected chi connectivity index (χ0v) is 19.7. The molecule has 1 saturated heterocycles. The van der Waals surface area contributed by atoms with E-state index in [2.05, 4.69) is 22.6 Å². The van der Waals surface area contributed by atoms with Crippen LogP contribution in [0.15, 0.2) is 65.2 Å². The van der Waals surface area contributed by atoms with Gasteiger partial charge in [-0.15, -0.1) is 0 Å². The average molecular weight is 488 g/mol. The largest absolute Gasteiger partial charge is 0.452 e. The van der Waals surface area contributed by atoms with Crippen molar-refractivity contribution >= 4 is 35.2 Å². The summed E-state index contributed by atoms with van der Waals surface area (Å²) in [5.74, 6) is -1.54. The third kappa shape index (κ3) is 4.64. The molecule has 2 fully saturated rings. The minimum atomic E-state index is -0.746. The Morgan fingerprint density at radius 2 is 1.81 bits per heavy atom. The average Bonchev–Trinajstić information content (AvgIpc) is 3.42. The summed E-state index contributed by atoms with van der Waals surface area (Å²) in [6.07, 6.45) is 2.12. The maximum atomic E-state index is 13.3. The van der Waals surface area contributed by atoms with E-state index in [1.807, 2.05) is 18.2 Å². The first-order valence-electron chi connectivity index (χ1n) is 11.8. The van der Waals surface area contributed by atoms with E-state index in [0.29, 0.717) is 24.3 Å². The van der Waals surface area contributed by atoms with Crippen molar-refractivity contribution < 1.29 is 28.4 Å². The van der Waals surface area contributed by atoms with Gasteiger partial charge >= 0.3 is 5.97 Å². The molecule has 9 heteroatoms. The van der Waals surface area contributed by atoms with E-state index in [0.717, 1.165) is 6.42 Å². The van der Waals surface area contributed by atoms with Gasteiger partial charge in [-0.1, -0.05) is 41.6 Å². The fourth-order valence-corrected chi connectivity index (χ4v) is 5.05. The van der Waals surface area contributed by atoms with E-state index in [9.17, 15) is 19.2 Å². The smallest absolute Gasteiger partial charge is 0.338 e. The lowest BCUT2D eigenvalue weighted by Gasteiger charge is -2.28. The van der Waals surface area contributed by atoms with Crippen LogP contribution in [0, 0.1) is 18.8 Å². The molecule has 1 N–H and O–H groups in total. The minimum Gasteiger partial charge on any atom is -0.452 e.